The third-order valence-corrected chi connectivity index (χ3v) is 15.2. The van der Waals surface area contributed by atoms with Crippen molar-refractivity contribution in [1.82, 2.24) is 4.58 Å². The molecular weight excluding hydrogens is 869 g/mol. The highest BCUT2D eigenvalue weighted by Crippen LogP contribution is 2.56. The van der Waals surface area contributed by atoms with Crippen LogP contribution >= 0.6 is 0 Å². The van der Waals surface area contributed by atoms with Gasteiger partial charge in [0.05, 0.1) is 40.4 Å². The second-order valence-electron chi connectivity index (χ2n) is 25.0. The maximum Gasteiger partial charge on any atom is 0.219 e. The second kappa shape index (κ2) is 15.3. The molecule has 2 aliphatic heterocycles. The standard InChI is InChI=1S/C62H68N2O6/c1-57(2,3)33-17-21-43-39(25-33)61(13,14)40-26-34(58(4,5)6)18-22-44(40)63(43)37-29-47(65)51(48(66)30-37)53-55(69)54(56(53)70)52-49(67)31-38(32-50(52)68)64-45-23-19-35(59(7,8)9)27-41(45)62(15,16)42-28-36(60(10,11)12)20-24-46(42)64/h17-32H,1-16H3,(H4,65,66,67,68,69,70). The van der Waals surface area contributed by atoms with Crippen molar-refractivity contribution in [3.05, 3.63) is 176 Å². The molecular formula is C62H68N2O6. The van der Waals surface area contributed by atoms with Gasteiger partial charge in [0.1, 0.15) is 23.0 Å². The van der Waals surface area contributed by atoms with E-state index in [-0.39, 0.29) is 32.8 Å². The van der Waals surface area contributed by atoms with Crippen LogP contribution in [0.4, 0.5) is 28.4 Å². The molecule has 5 aromatic rings. The number of aliphatic hydroxyl groups is 2. The maximum absolute atomic E-state index is 14.2. The Morgan fingerprint density at radius 2 is 0.843 bits per heavy atom. The van der Waals surface area contributed by atoms with E-state index in [4.69, 9.17) is 0 Å². The summed E-state index contributed by atoms with van der Waals surface area (Å²) in [4.78, 5) is 16.3. The molecule has 0 unspecified atom stereocenters. The summed E-state index contributed by atoms with van der Waals surface area (Å²) >= 11 is 0. The number of hydrogen-bond acceptors (Lipinski definition) is 7. The lowest BCUT2D eigenvalue weighted by Gasteiger charge is -2.43. The number of rotatable bonds is 2. The zero-order valence-corrected chi connectivity index (χ0v) is 43.7. The largest absolute Gasteiger partial charge is 0.871 e. The zero-order valence-electron chi connectivity index (χ0n) is 43.7. The number of nitrogens with zero attached hydrogens (tertiary/aromatic N) is 2. The molecule has 0 atom stereocenters. The van der Waals surface area contributed by atoms with E-state index in [9.17, 15) is 30.3 Å². The van der Waals surface area contributed by atoms with Gasteiger partial charge in [-0.3, -0.25) is 4.79 Å². The van der Waals surface area contributed by atoms with Gasteiger partial charge in [-0.2, -0.15) is 4.58 Å². The Bertz CT molecular complexity index is 3120. The smallest absolute Gasteiger partial charge is 0.219 e. The van der Waals surface area contributed by atoms with Crippen LogP contribution in [-0.2, 0) is 37.3 Å². The molecule has 0 amide bonds. The molecule has 5 aromatic carbocycles. The number of aliphatic hydroxyl groups excluding tert-OH is 2. The Balaban J connectivity index is 1.16. The van der Waals surface area contributed by atoms with E-state index < -0.39 is 56.5 Å². The second-order valence-corrected chi connectivity index (χ2v) is 25.0. The summed E-state index contributed by atoms with van der Waals surface area (Å²) in [5.74, 6) is -3.49. The fraction of sp³-hybridized carbons (Fsp3) is 0.355. The number of anilines is 3. The van der Waals surface area contributed by atoms with E-state index in [2.05, 4.69) is 184 Å². The summed E-state index contributed by atoms with van der Waals surface area (Å²) in [6.45, 7) is 35.1. The summed E-state index contributed by atoms with van der Waals surface area (Å²) < 4.78 is 2.01. The number of benzene rings is 5. The molecule has 0 saturated carbocycles. The highest BCUT2D eigenvalue weighted by atomic mass is 16.3. The van der Waals surface area contributed by atoms with Gasteiger partial charge >= 0.3 is 0 Å². The molecule has 0 bridgehead atoms. The van der Waals surface area contributed by atoms with Gasteiger partial charge in [0.15, 0.2) is 5.78 Å². The molecule has 4 N–H and O–H groups in total. The lowest BCUT2D eigenvalue weighted by molar-refractivity contribution is -0.297. The van der Waals surface area contributed by atoms with Crippen LogP contribution in [0.2, 0.25) is 0 Å². The highest BCUT2D eigenvalue weighted by molar-refractivity contribution is 6.40. The van der Waals surface area contributed by atoms with Gasteiger partial charge in [-0.05, 0) is 79.3 Å². The molecule has 9 rings (SSSR count). The van der Waals surface area contributed by atoms with Crippen molar-refractivity contribution in [2.75, 3.05) is 4.90 Å². The first-order chi connectivity index (χ1) is 32.2. The number of allylic oxidation sites excluding steroid dienone is 4. The van der Waals surface area contributed by atoms with E-state index in [1.54, 1.807) is 0 Å². The quantitative estimate of drug-likeness (QED) is 0.103. The third kappa shape index (κ3) is 7.39. The highest BCUT2D eigenvalue weighted by Gasteiger charge is 2.45. The topological polar surface area (TPSA) is 127 Å². The summed E-state index contributed by atoms with van der Waals surface area (Å²) in [6.07, 6.45) is 2.94. The van der Waals surface area contributed by atoms with Crippen molar-refractivity contribution in [3.63, 3.8) is 0 Å². The summed E-state index contributed by atoms with van der Waals surface area (Å²) in [5.41, 5.74) is 10.5. The number of Topliss-reactive ketones (excluding diaryl/α,β-unsaturated/α-hetero) is 1. The number of ketones is 1. The van der Waals surface area contributed by atoms with Gasteiger partial charge in [-0.1, -0.05) is 153 Å². The molecule has 70 heavy (non-hydrogen) atoms. The first kappa shape index (κ1) is 48.2. The predicted molar refractivity (Wildman–Crippen MR) is 283 cm³/mol. The van der Waals surface area contributed by atoms with Crippen LogP contribution in [0.5, 0.6) is 11.5 Å². The first-order valence-corrected chi connectivity index (χ1v) is 24.4. The Labute approximate surface area is 414 Å². The van der Waals surface area contributed by atoms with E-state index >= 15 is 0 Å². The monoisotopic (exact) mass is 937 g/mol. The Kier molecular flexibility index (Phi) is 10.6. The number of fused-ring (bicyclic) bond motifs is 4. The van der Waals surface area contributed by atoms with Gasteiger partial charge in [-0.25, -0.2) is 0 Å². The molecule has 0 spiro atoms. The summed E-state index contributed by atoms with van der Waals surface area (Å²) in [6, 6.07) is 28.7. The Morgan fingerprint density at radius 1 is 0.486 bits per heavy atom. The van der Waals surface area contributed by atoms with Crippen molar-refractivity contribution < 1.29 is 30.3 Å². The molecule has 2 heterocycles. The Hall–Kier alpha value is -6.80. The number of hydrogen-bond donors (Lipinski definition) is 4. The lowest BCUT2D eigenvalue weighted by Crippen LogP contribution is -2.34. The molecule has 0 saturated heterocycles. The number of carbonyl (C=O) groups excluding carboxylic acids is 1. The van der Waals surface area contributed by atoms with Crippen molar-refractivity contribution >= 4 is 45.5 Å². The van der Waals surface area contributed by atoms with E-state index in [0.29, 0.717) is 11.4 Å². The van der Waals surface area contributed by atoms with Crippen LogP contribution < -0.4 is 14.6 Å². The van der Waals surface area contributed by atoms with Crippen LogP contribution in [0.15, 0.2) is 126 Å². The van der Waals surface area contributed by atoms with Crippen LogP contribution in [0.3, 0.4) is 0 Å². The maximum atomic E-state index is 14.2. The van der Waals surface area contributed by atoms with Crippen LogP contribution in [0.25, 0.3) is 5.57 Å². The number of carbonyl (C=O) groups is 1. The van der Waals surface area contributed by atoms with E-state index in [1.807, 2.05) is 9.48 Å². The number of aromatic hydroxyl groups is 2. The minimum absolute atomic E-state index is 0.122. The fourth-order valence-corrected chi connectivity index (χ4v) is 10.7. The van der Waals surface area contributed by atoms with Crippen molar-refractivity contribution in [2.24, 2.45) is 0 Å². The molecule has 0 aromatic heterocycles. The van der Waals surface area contributed by atoms with Crippen LogP contribution in [0.1, 0.15) is 161 Å². The van der Waals surface area contributed by atoms with Gasteiger partial charge < -0.3 is 30.4 Å². The van der Waals surface area contributed by atoms with Crippen molar-refractivity contribution in [3.8, 4) is 11.5 Å². The average molecular weight is 937 g/mol. The minimum Gasteiger partial charge on any atom is -0.871 e. The van der Waals surface area contributed by atoms with Crippen LogP contribution in [-0.4, -0.2) is 31.9 Å². The van der Waals surface area contributed by atoms with Crippen molar-refractivity contribution in [1.29, 1.82) is 0 Å². The number of phenolic OH excluding ortho intramolecular Hbond substituents is 2. The molecule has 0 radical (unpaired) electrons. The van der Waals surface area contributed by atoms with E-state index in [1.165, 1.54) is 46.5 Å². The zero-order chi connectivity index (χ0) is 51.3. The number of phenols is 2. The molecule has 362 valence electrons. The molecule has 8 heteroatoms. The predicted octanol–water partition coefficient (Wildman–Crippen LogP) is 13.9. The molecule has 0 fully saturated rings. The van der Waals surface area contributed by atoms with Gasteiger partial charge in [0.2, 0.25) is 17.1 Å². The molecule has 8 nitrogen and oxygen atoms in total. The van der Waals surface area contributed by atoms with E-state index in [0.717, 1.165) is 45.0 Å². The summed E-state index contributed by atoms with van der Waals surface area (Å²) in [5, 5.41) is 61.5. The molecule has 4 aliphatic rings. The van der Waals surface area contributed by atoms with Gasteiger partial charge in [0.25, 0.3) is 0 Å². The summed E-state index contributed by atoms with van der Waals surface area (Å²) in [7, 11) is 0. The first-order valence-electron chi connectivity index (χ1n) is 24.4. The van der Waals surface area contributed by atoms with Gasteiger partial charge in [-0.15, -0.1) is 0 Å². The average Bonchev–Trinajstić information content (AvgIpc) is 3.24. The SMILES string of the molecule is CC(C)(C)c1ccc2c(c1)C(C)(C)c1cc(C(C)(C)C)ccc1N2c1cc(O)c(C2=C([O-])C(=C3C(O)=CC(=[N+]4c5ccc(C(C)(C)C)cc5C(C)(C)c5cc(C(C)(C)C)ccc54)C=C3O)C2=O)c(O)c1. The fourth-order valence-electron chi connectivity index (χ4n) is 10.7. The lowest BCUT2D eigenvalue weighted by atomic mass is 9.70. The Morgan fingerprint density at radius 3 is 1.21 bits per heavy atom. The third-order valence-electron chi connectivity index (χ3n) is 15.2. The van der Waals surface area contributed by atoms with Crippen molar-refractivity contribution in [2.45, 2.75) is 143 Å². The minimum atomic E-state index is -0.818. The molecule has 2 aliphatic carbocycles. The normalized spacial score (nSPS) is 17.7. The van der Waals surface area contributed by atoms with Crippen LogP contribution in [0, 0.1) is 0 Å². The van der Waals surface area contributed by atoms with Gasteiger partial charge in [0, 0.05) is 57.4 Å².